The molecule has 0 spiro atoms. The highest BCUT2D eigenvalue weighted by Crippen LogP contribution is 2.37. The molecular weight excluding hydrogens is 557 g/mol. The molecule has 9 heteroatoms. The second-order valence-electron chi connectivity index (χ2n) is 11.8. The molecule has 3 heterocycles. The monoisotopic (exact) mass is 601 g/mol. The number of hydrogen-bond donors (Lipinski definition) is 1. The van der Waals surface area contributed by atoms with Crippen LogP contribution in [0.3, 0.4) is 0 Å². The van der Waals surface area contributed by atoms with Gasteiger partial charge in [-0.2, -0.15) is 5.10 Å². The van der Waals surface area contributed by atoms with Crippen LogP contribution in [0.1, 0.15) is 77.9 Å². The van der Waals surface area contributed by atoms with Gasteiger partial charge in [0, 0.05) is 69.5 Å². The fourth-order valence-corrected chi connectivity index (χ4v) is 6.57. The van der Waals surface area contributed by atoms with Gasteiger partial charge in [-0.15, -0.1) is 0 Å². The Morgan fingerprint density at radius 2 is 1.93 bits per heavy atom. The first-order valence-electron chi connectivity index (χ1n) is 15.8. The van der Waals surface area contributed by atoms with E-state index in [1.165, 1.54) is 6.07 Å². The maximum Gasteiger partial charge on any atom is 0.273 e. The number of aryl methyl sites for hydroxylation is 5. The summed E-state index contributed by atoms with van der Waals surface area (Å²) in [5.74, 6) is -0.0438. The number of benzene rings is 2. The van der Waals surface area contributed by atoms with Crippen molar-refractivity contribution in [1.29, 1.82) is 0 Å². The summed E-state index contributed by atoms with van der Waals surface area (Å²) in [6.07, 6.45) is 5.51. The molecule has 4 aromatic rings. The number of carbonyl (C=O) groups excluding carboxylic acids is 2. The van der Waals surface area contributed by atoms with Crippen molar-refractivity contribution in [3.63, 3.8) is 0 Å². The number of hydrogen-bond acceptors (Lipinski definition) is 4. The summed E-state index contributed by atoms with van der Waals surface area (Å²) in [6.45, 7) is 6.82. The third-order valence-electron chi connectivity index (χ3n) is 8.82. The molecule has 1 atom stereocenters. The van der Waals surface area contributed by atoms with Gasteiger partial charge in [-0.3, -0.25) is 14.3 Å². The lowest BCUT2D eigenvalue weighted by Gasteiger charge is -2.34. The molecule has 8 nitrogen and oxygen atoms in total. The van der Waals surface area contributed by atoms with Crippen LogP contribution in [0.4, 0.5) is 10.1 Å². The summed E-state index contributed by atoms with van der Waals surface area (Å²) in [7, 11) is 3.46. The number of carbonyl (C=O) groups is 2. The fourth-order valence-electron chi connectivity index (χ4n) is 6.57. The summed E-state index contributed by atoms with van der Waals surface area (Å²) in [6, 6.07) is 14.9. The first-order valence-corrected chi connectivity index (χ1v) is 15.8. The summed E-state index contributed by atoms with van der Waals surface area (Å²) >= 11 is 0. The number of nitrogens with one attached hydrogen (secondary N) is 1. The molecule has 0 bridgehead atoms. The molecule has 234 valence electrons. The van der Waals surface area contributed by atoms with E-state index in [-0.39, 0.29) is 23.5 Å². The van der Waals surface area contributed by atoms with E-state index in [0.29, 0.717) is 37.3 Å². The van der Waals surface area contributed by atoms with Crippen molar-refractivity contribution in [2.45, 2.75) is 71.3 Å². The van der Waals surface area contributed by atoms with Gasteiger partial charge in [0.05, 0.1) is 11.2 Å². The minimum atomic E-state index is -0.201. The molecule has 1 fully saturated rings. The highest BCUT2D eigenvalue weighted by molar-refractivity contribution is 6.03. The minimum absolute atomic E-state index is 0.171. The van der Waals surface area contributed by atoms with Crippen molar-refractivity contribution in [1.82, 2.24) is 19.2 Å². The summed E-state index contributed by atoms with van der Waals surface area (Å²) in [4.78, 5) is 28.0. The number of likely N-dealkylation sites (tertiary alicyclic amines) is 1. The average molecular weight is 602 g/mol. The molecule has 1 unspecified atom stereocenters. The number of piperidine rings is 1. The van der Waals surface area contributed by atoms with Gasteiger partial charge >= 0.3 is 0 Å². The van der Waals surface area contributed by atoms with Crippen LogP contribution in [0.25, 0.3) is 10.9 Å². The Bertz CT molecular complexity index is 1610. The quantitative estimate of drug-likeness (QED) is 0.191. The molecule has 0 radical (unpaired) electrons. The molecule has 2 aromatic carbocycles. The number of halogens is 1. The maximum atomic E-state index is 15.0. The number of aromatic nitrogens is 3. The van der Waals surface area contributed by atoms with Crippen molar-refractivity contribution in [3.05, 3.63) is 82.6 Å². The molecule has 2 amide bonds. The van der Waals surface area contributed by atoms with E-state index in [1.54, 1.807) is 24.9 Å². The van der Waals surface area contributed by atoms with Gasteiger partial charge in [0.1, 0.15) is 11.5 Å². The molecule has 44 heavy (non-hydrogen) atoms. The highest BCUT2D eigenvalue weighted by atomic mass is 19.1. The highest BCUT2D eigenvalue weighted by Gasteiger charge is 2.29. The molecule has 5 rings (SSSR count). The van der Waals surface area contributed by atoms with Gasteiger partial charge in [0.15, 0.2) is 0 Å². The minimum Gasteiger partial charge on any atom is -0.385 e. The van der Waals surface area contributed by atoms with E-state index in [9.17, 15) is 9.59 Å². The van der Waals surface area contributed by atoms with Gasteiger partial charge in [0.2, 0.25) is 5.91 Å². The normalized spacial score (nSPS) is 15.2. The third kappa shape index (κ3) is 6.88. The Balaban J connectivity index is 1.17. The lowest BCUT2D eigenvalue weighted by Crippen LogP contribution is -2.39. The average Bonchev–Trinajstić information content (AvgIpc) is 3.55. The number of nitrogens with zero attached hydrogens (tertiary/aromatic N) is 4. The lowest BCUT2D eigenvalue weighted by molar-refractivity contribution is -0.132. The van der Waals surface area contributed by atoms with Crippen LogP contribution in [0.15, 0.2) is 48.5 Å². The molecule has 2 aromatic heterocycles. The predicted molar refractivity (Wildman–Crippen MR) is 172 cm³/mol. The van der Waals surface area contributed by atoms with Crippen molar-refractivity contribution >= 4 is 28.4 Å². The number of fused-ring (bicyclic) bond motifs is 1. The summed E-state index contributed by atoms with van der Waals surface area (Å²) in [5.41, 5.74) is 6.19. The van der Waals surface area contributed by atoms with Crippen molar-refractivity contribution in [2.75, 3.05) is 32.1 Å². The van der Waals surface area contributed by atoms with E-state index in [2.05, 4.69) is 21.9 Å². The number of ether oxygens (including phenoxy) is 1. The Morgan fingerprint density at radius 3 is 2.66 bits per heavy atom. The van der Waals surface area contributed by atoms with Crippen molar-refractivity contribution in [2.24, 2.45) is 7.05 Å². The van der Waals surface area contributed by atoms with Crippen LogP contribution in [-0.4, -0.2) is 57.9 Å². The van der Waals surface area contributed by atoms with Crippen LogP contribution in [-0.2, 0) is 36.0 Å². The van der Waals surface area contributed by atoms with E-state index in [0.717, 1.165) is 78.7 Å². The van der Waals surface area contributed by atoms with Gasteiger partial charge in [-0.25, -0.2) is 4.39 Å². The molecule has 1 aliphatic heterocycles. The molecular formula is C35H44FN5O3. The molecule has 1 saturated heterocycles. The van der Waals surface area contributed by atoms with Crippen LogP contribution in [0, 0.1) is 12.7 Å². The Hall–Kier alpha value is -3.98. The van der Waals surface area contributed by atoms with E-state index < -0.39 is 0 Å². The maximum absolute atomic E-state index is 15.0. The Kier molecular flexibility index (Phi) is 10.1. The topological polar surface area (TPSA) is 81.4 Å². The first kappa shape index (κ1) is 31.4. The zero-order valence-corrected chi connectivity index (χ0v) is 26.4. The SMILES string of the molecule is CCc1cc(C(=O)Nc2ccc(CCCC(=O)N3CCCC(c4c(C)c5cccc(F)c5n4CCCOC)C3)cc2)n(C)n1. The fraction of sp³-hybridized carbons (Fsp3) is 0.457. The number of anilines is 1. The Morgan fingerprint density at radius 1 is 1.14 bits per heavy atom. The Labute approximate surface area is 259 Å². The summed E-state index contributed by atoms with van der Waals surface area (Å²) in [5, 5.41) is 8.24. The smallest absolute Gasteiger partial charge is 0.273 e. The van der Waals surface area contributed by atoms with Crippen LogP contribution < -0.4 is 5.32 Å². The van der Waals surface area contributed by atoms with Gasteiger partial charge in [-0.1, -0.05) is 31.2 Å². The largest absolute Gasteiger partial charge is 0.385 e. The molecule has 1 aliphatic rings. The van der Waals surface area contributed by atoms with E-state index >= 15 is 4.39 Å². The van der Waals surface area contributed by atoms with E-state index in [1.807, 2.05) is 48.2 Å². The number of methoxy groups -OCH3 is 1. The number of para-hydroxylation sites is 1. The van der Waals surface area contributed by atoms with E-state index in [4.69, 9.17) is 4.74 Å². The van der Waals surface area contributed by atoms with Crippen molar-refractivity contribution < 1.29 is 18.7 Å². The first-order chi connectivity index (χ1) is 21.3. The second-order valence-corrected chi connectivity index (χ2v) is 11.8. The lowest BCUT2D eigenvalue weighted by atomic mass is 9.91. The van der Waals surface area contributed by atoms with Gasteiger partial charge < -0.3 is 19.5 Å². The predicted octanol–water partition coefficient (Wildman–Crippen LogP) is 6.40. The van der Waals surface area contributed by atoms with Crippen molar-refractivity contribution in [3.8, 4) is 0 Å². The van der Waals surface area contributed by atoms with Crippen LogP contribution in [0.5, 0.6) is 0 Å². The van der Waals surface area contributed by atoms with Crippen LogP contribution >= 0.6 is 0 Å². The third-order valence-corrected chi connectivity index (χ3v) is 8.82. The summed E-state index contributed by atoms with van der Waals surface area (Å²) < 4.78 is 24.1. The zero-order valence-electron chi connectivity index (χ0n) is 26.4. The molecule has 0 aliphatic carbocycles. The zero-order chi connectivity index (χ0) is 31.2. The number of amides is 2. The standard InChI is InChI=1S/C35H44FN5O3/c1-5-27-22-31(39(3)38-27)35(43)37-28-17-15-25(16-18-28)10-6-14-32(42)40-19-8-11-26(23-40)33-24(2)29-12-7-13-30(36)34(29)41(33)20-9-21-44-4/h7,12-13,15-18,22,26H,5-6,8-11,14,19-21,23H2,1-4H3,(H,37,43). The van der Waals surface area contributed by atoms with Gasteiger partial charge in [-0.05, 0) is 80.8 Å². The van der Waals surface area contributed by atoms with Gasteiger partial charge in [0.25, 0.3) is 5.91 Å². The molecule has 1 N–H and O–H groups in total. The molecule has 0 saturated carbocycles. The van der Waals surface area contributed by atoms with Crippen LogP contribution in [0.2, 0.25) is 0 Å². The second kappa shape index (κ2) is 14.2. The number of rotatable bonds is 12.